The Kier molecular flexibility index (Phi) is 4.11. The van der Waals surface area contributed by atoms with Crippen LogP contribution in [0.25, 0.3) is 5.69 Å². The molecule has 6 nitrogen and oxygen atoms in total. The topological polar surface area (TPSA) is 51.8 Å². The van der Waals surface area contributed by atoms with Gasteiger partial charge in [-0.1, -0.05) is 18.2 Å². The Morgan fingerprint density at radius 1 is 1.18 bits per heavy atom. The normalized spacial score (nSPS) is 15.6. The predicted molar refractivity (Wildman–Crippen MR) is 85.7 cm³/mol. The summed E-state index contributed by atoms with van der Waals surface area (Å²) in [6.07, 6.45) is 1.67. The van der Waals surface area contributed by atoms with Gasteiger partial charge in [0.15, 0.2) is 0 Å². The molecule has 1 aromatic heterocycles. The first-order valence-corrected chi connectivity index (χ1v) is 7.39. The molecular weight excluding hydrogens is 280 g/mol. The molecule has 0 saturated carbocycles. The molecule has 1 fully saturated rings. The van der Waals surface area contributed by atoms with Crippen LogP contribution < -0.4 is 5.56 Å². The molecule has 0 aliphatic carbocycles. The van der Waals surface area contributed by atoms with E-state index in [0.717, 1.165) is 24.5 Å². The molecule has 22 heavy (non-hydrogen) atoms. The lowest BCUT2D eigenvalue weighted by Crippen LogP contribution is -2.32. The van der Waals surface area contributed by atoms with Gasteiger partial charge in [0.1, 0.15) is 0 Å². The van der Waals surface area contributed by atoms with E-state index >= 15 is 0 Å². The lowest BCUT2D eigenvalue weighted by molar-refractivity contribution is 0.0397. The lowest BCUT2D eigenvalue weighted by Gasteiger charge is -2.23. The number of hydrazone groups is 1. The summed E-state index contributed by atoms with van der Waals surface area (Å²) >= 11 is 0. The van der Waals surface area contributed by atoms with E-state index in [2.05, 4.69) is 5.10 Å². The number of benzene rings is 1. The van der Waals surface area contributed by atoms with Crippen LogP contribution in [-0.4, -0.2) is 46.9 Å². The second kappa shape index (κ2) is 6.19. The monoisotopic (exact) mass is 300 g/mol. The van der Waals surface area contributed by atoms with Crippen molar-refractivity contribution in [2.75, 3.05) is 26.3 Å². The van der Waals surface area contributed by atoms with Crippen molar-refractivity contribution in [1.29, 1.82) is 0 Å². The van der Waals surface area contributed by atoms with E-state index in [4.69, 9.17) is 4.74 Å². The summed E-state index contributed by atoms with van der Waals surface area (Å²) in [7, 11) is 1.88. The molecule has 0 amide bonds. The van der Waals surface area contributed by atoms with Gasteiger partial charge in [-0.3, -0.25) is 14.5 Å². The Bertz CT molecular complexity index is 725. The van der Waals surface area contributed by atoms with Gasteiger partial charge < -0.3 is 4.74 Å². The fraction of sp³-hybridized carbons (Fsp3) is 0.375. The molecule has 2 heterocycles. The van der Waals surface area contributed by atoms with Gasteiger partial charge >= 0.3 is 0 Å². The molecule has 1 saturated heterocycles. The average molecular weight is 300 g/mol. The molecule has 0 bridgehead atoms. The van der Waals surface area contributed by atoms with Gasteiger partial charge in [-0.25, -0.2) is 4.68 Å². The van der Waals surface area contributed by atoms with Crippen LogP contribution in [0.4, 0.5) is 0 Å². The molecule has 2 aromatic rings. The number of hydrogen-bond acceptors (Lipinski definition) is 4. The zero-order valence-electron chi connectivity index (χ0n) is 12.9. The fourth-order valence-corrected chi connectivity index (χ4v) is 2.55. The molecule has 0 atom stereocenters. The second-order valence-corrected chi connectivity index (χ2v) is 5.29. The first-order chi connectivity index (χ1) is 10.7. The standard InChI is InChI=1S/C16H20N4O2/c1-13-15(12-17-19-8-10-22-11-9-19)16(21)20(18(13)2)14-6-4-3-5-7-14/h3-7,12H,8-11H2,1-2H3. The van der Waals surface area contributed by atoms with Crippen LogP contribution in [-0.2, 0) is 11.8 Å². The van der Waals surface area contributed by atoms with Gasteiger partial charge in [-0.2, -0.15) is 5.10 Å². The van der Waals surface area contributed by atoms with Crippen molar-refractivity contribution in [2.24, 2.45) is 12.1 Å². The summed E-state index contributed by atoms with van der Waals surface area (Å²) in [5, 5.41) is 6.36. The first kappa shape index (κ1) is 14.6. The van der Waals surface area contributed by atoms with Gasteiger partial charge in [-0.15, -0.1) is 0 Å². The molecule has 0 radical (unpaired) electrons. The summed E-state index contributed by atoms with van der Waals surface area (Å²) in [4.78, 5) is 12.7. The van der Waals surface area contributed by atoms with E-state index in [1.165, 1.54) is 0 Å². The molecule has 0 unspecified atom stereocenters. The number of nitrogens with zero attached hydrogens (tertiary/aromatic N) is 4. The van der Waals surface area contributed by atoms with Crippen LogP contribution in [0.2, 0.25) is 0 Å². The van der Waals surface area contributed by atoms with Crippen molar-refractivity contribution in [2.45, 2.75) is 6.92 Å². The van der Waals surface area contributed by atoms with Crippen molar-refractivity contribution in [3.8, 4) is 5.69 Å². The summed E-state index contributed by atoms with van der Waals surface area (Å²) in [6, 6.07) is 9.62. The largest absolute Gasteiger partial charge is 0.378 e. The van der Waals surface area contributed by atoms with Crippen molar-refractivity contribution in [1.82, 2.24) is 14.4 Å². The molecule has 1 aliphatic rings. The van der Waals surface area contributed by atoms with Gasteiger partial charge in [0, 0.05) is 12.7 Å². The molecule has 1 aromatic carbocycles. The maximum absolute atomic E-state index is 12.7. The van der Waals surface area contributed by atoms with Crippen LogP contribution in [0.1, 0.15) is 11.3 Å². The molecular formula is C16H20N4O2. The highest BCUT2D eigenvalue weighted by Crippen LogP contribution is 2.09. The van der Waals surface area contributed by atoms with Crippen LogP contribution in [0, 0.1) is 6.92 Å². The quantitative estimate of drug-likeness (QED) is 0.799. The van der Waals surface area contributed by atoms with E-state index < -0.39 is 0 Å². The third-order valence-electron chi connectivity index (χ3n) is 3.94. The first-order valence-electron chi connectivity index (χ1n) is 7.39. The Labute approximate surface area is 129 Å². The van der Waals surface area contributed by atoms with Crippen LogP contribution in [0.5, 0.6) is 0 Å². The number of morpholine rings is 1. The van der Waals surface area contributed by atoms with Crippen molar-refractivity contribution < 1.29 is 4.74 Å². The summed E-state index contributed by atoms with van der Waals surface area (Å²) in [6.45, 7) is 4.81. The van der Waals surface area contributed by atoms with E-state index in [9.17, 15) is 4.79 Å². The molecule has 116 valence electrons. The summed E-state index contributed by atoms with van der Waals surface area (Å²) in [5.41, 5.74) is 2.32. The summed E-state index contributed by atoms with van der Waals surface area (Å²) < 4.78 is 8.82. The molecule has 0 N–H and O–H groups in total. The molecule has 6 heteroatoms. The summed E-state index contributed by atoms with van der Waals surface area (Å²) in [5.74, 6) is 0. The minimum atomic E-state index is -0.0526. The van der Waals surface area contributed by atoms with Gasteiger partial charge in [0.05, 0.1) is 43.8 Å². The van der Waals surface area contributed by atoms with Crippen LogP contribution in [0.15, 0.2) is 40.2 Å². The average Bonchev–Trinajstić information content (AvgIpc) is 2.77. The lowest BCUT2D eigenvalue weighted by atomic mass is 10.3. The van der Waals surface area contributed by atoms with E-state index in [1.807, 2.05) is 54.0 Å². The van der Waals surface area contributed by atoms with Crippen molar-refractivity contribution >= 4 is 6.21 Å². The smallest absolute Gasteiger partial charge is 0.280 e. The minimum absolute atomic E-state index is 0.0526. The highest BCUT2D eigenvalue weighted by atomic mass is 16.5. The van der Waals surface area contributed by atoms with Crippen LogP contribution in [0.3, 0.4) is 0 Å². The molecule has 0 spiro atoms. The number of aromatic nitrogens is 2. The zero-order valence-corrected chi connectivity index (χ0v) is 12.9. The maximum Gasteiger partial charge on any atom is 0.280 e. The van der Waals surface area contributed by atoms with Gasteiger partial charge in [-0.05, 0) is 19.1 Å². The number of hydrogen-bond donors (Lipinski definition) is 0. The van der Waals surface area contributed by atoms with Crippen molar-refractivity contribution in [3.05, 3.63) is 51.9 Å². The predicted octanol–water partition coefficient (Wildman–Crippen LogP) is 1.15. The second-order valence-electron chi connectivity index (χ2n) is 5.29. The zero-order chi connectivity index (χ0) is 15.5. The number of rotatable bonds is 3. The van der Waals surface area contributed by atoms with Crippen molar-refractivity contribution in [3.63, 3.8) is 0 Å². The van der Waals surface area contributed by atoms with E-state index in [-0.39, 0.29) is 5.56 Å². The van der Waals surface area contributed by atoms with E-state index in [1.54, 1.807) is 10.9 Å². The number of para-hydroxylation sites is 1. The molecule has 3 rings (SSSR count). The Morgan fingerprint density at radius 3 is 2.55 bits per heavy atom. The fourth-order valence-electron chi connectivity index (χ4n) is 2.55. The van der Waals surface area contributed by atoms with Crippen LogP contribution >= 0.6 is 0 Å². The van der Waals surface area contributed by atoms with Gasteiger partial charge in [0.2, 0.25) is 0 Å². The van der Waals surface area contributed by atoms with E-state index in [0.29, 0.717) is 18.8 Å². The minimum Gasteiger partial charge on any atom is -0.378 e. The Hall–Kier alpha value is -2.34. The highest BCUT2D eigenvalue weighted by molar-refractivity contribution is 5.80. The SMILES string of the molecule is Cc1c(C=NN2CCOCC2)c(=O)n(-c2ccccc2)n1C. The Balaban J connectivity index is 1.96. The van der Waals surface area contributed by atoms with Gasteiger partial charge in [0.25, 0.3) is 5.56 Å². The highest BCUT2D eigenvalue weighted by Gasteiger charge is 2.15. The number of ether oxygens (including phenoxy) is 1. The third kappa shape index (κ3) is 2.69. The molecule has 1 aliphatic heterocycles. The Morgan fingerprint density at radius 2 is 1.86 bits per heavy atom. The maximum atomic E-state index is 12.7. The third-order valence-corrected chi connectivity index (χ3v) is 3.94.